The molecule has 0 aromatic carbocycles. The van der Waals surface area contributed by atoms with Gasteiger partial charge in [-0.3, -0.25) is 4.79 Å². The van der Waals surface area contributed by atoms with Crippen LogP contribution in [0.2, 0.25) is 0 Å². The first-order valence-electron chi connectivity index (χ1n) is 4.24. The molecule has 68 valence electrons. The summed E-state index contributed by atoms with van der Waals surface area (Å²) in [5.74, 6) is -0.498. The number of carbonyl (C=O) groups excluding carboxylic acids is 1. The van der Waals surface area contributed by atoms with Gasteiger partial charge in [0.1, 0.15) is 6.17 Å². The minimum absolute atomic E-state index is 0.0878. The van der Waals surface area contributed by atoms with Gasteiger partial charge in [0, 0.05) is 0 Å². The fourth-order valence-electron chi connectivity index (χ4n) is 1.58. The predicted molar refractivity (Wildman–Crippen MR) is 39.2 cm³/mol. The van der Waals surface area contributed by atoms with Gasteiger partial charge in [-0.05, 0) is 19.3 Å². The lowest BCUT2D eigenvalue weighted by Crippen LogP contribution is -2.59. The molecule has 1 aliphatic carbocycles. The van der Waals surface area contributed by atoms with E-state index in [1.165, 1.54) is 4.90 Å². The van der Waals surface area contributed by atoms with Crippen molar-refractivity contribution in [1.82, 2.24) is 4.90 Å². The zero-order chi connectivity index (χ0) is 8.77. The summed E-state index contributed by atoms with van der Waals surface area (Å²) in [6.45, 7) is 0.176. The van der Waals surface area contributed by atoms with Crippen LogP contribution in [0.5, 0.6) is 0 Å². The molecule has 0 aromatic heterocycles. The van der Waals surface area contributed by atoms with Crippen molar-refractivity contribution in [2.24, 2.45) is 0 Å². The second-order valence-corrected chi connectivity index (χ2v) is 3.63. The largest absolute Gasteiger partial charge is 0.334 e. The number of amides is 1. The molecule has 4 heteroatoms. The van der Waals surface area contributed by atoms with Crippen molar-refractivity contribution < 1.29 is 13.6 Å². The lowest BCUT2D eigenvalue weighted by atomic mass is 9.80. The first-order valence-corrected chi connectivity index (χ1v) is 4.24. The Morgan fingerprint density at radius 3 is 2.33 bits per heavy atom. The van der Waals surface area contributed by atoms with Crippen LogP contribution in [0, 0.1) is 0 Å². The number of likely N-dealkylation sites (tertiary alicyclic amines) is 1. The first kappa shape index (κ1) is 7.95. The van der Waals surface area contributed by atoms with E-state index in [0.29, 0.717) is 12.8 Å². The Hall–Kier alpha value is -0.670. The van der Waals surface area contributed by atoms with Crippen LogP contribution >= 0.6 is 0 Å². The minimum Gasteiger partial charge on any atom is -0.334 e. The molecule has 1 saturated heterocycles. The highest BCUT2D eigenvalue weighted by Gasteiger charge is 2.49. The highest BCUT2D eigenvalue weighted by atomic mass is 19.1. The third-order valence-corrected chi connectivity index (χ3v) is 2.65. The summed E-state index contributed by atoms with van der Waals surface area (Å²) in [7, 11) is 0. The van der Waals surface area contributed by atoms with Gasteiger partial charge in [-0.15, -0.1) is 0 Å². The van der Waals surface area contributed by atoms with Crippen molar-refractivity contribution in [2.45, 2.75) is 31.1 Å². The van der Waals surface area contributed by atoms with Crippen LogP contribution in [0.25, 0.3) is 0 Å². The van der Waals surface area contributed by atoms with E-state index in [2.05, 4.69) is 0 Å². The fourth-order valence-corrected chi connectivity index (χ4v) is 1.58. The summed E-state index contributed by atoms with van der Waals surface area (Å²) < 4.78 is 25.7. The van der Waals surface area contributed by atoms with E-state index in [9.17, 15) is 13.6 Å². The molecule has 0 atom stereocenters. The Bertz CT molecular complexity index is 209. The Kier molecular flexibility index (Phi) is 1.59. The molecular formula is C8H11F2NO. The second kappa shape index (κ2) is 2.41. The molecule has 2 rings (SSSR count). The van der Waals surface area contributed by atoms with Gasteiger partial charge in [0.15, 0.2) is 5.67 Å². The Morgan fingerprint density at radius 1 is 1.42 bits per heavy atom. The van der Waals surface area contributed by atoms with Gasteiger partial charge in [-0.25, -0.2) is 8.78 Å². The minimum atomic E-state index is -1.64. The average molecular weight is 175 g/mol. The molecular weight excluding hydrogens is 164 g/mol. The molecule has 0 bridgehead atoms. The van der Waals surface area contributed by atoms with E-state index in [1.54, 1.807) is 0 Å². The van der Waals surface area contributed by atoms with E-state index in [-0.39, 0.29) is 13.1 Å². The Balaban J connectivity index is 1.92. The predicted octanol–water partition coefficient (Wildman–Crippen LogP) is 1.06. The SMILES string of the molecule is O=C(N1CC(F)C1)C1(F)CCC1. The molecule has 1 saturated carbocycles. The lowest BCUT2D eigenvalue weighted by molar-refractivity contribution is -0.157. The zero-order valence-electron chi connectivity index (χ0n) is 6.72. The van der Waals surface area contributed by atoms with Crippen molar-refractivity contribution in [3.63, 3.8) is 0 Å². The van der Waals surface area contributed by atoms with Gasteiger partial charge in [-0.1, -0.05) is 0 Å². The van der Waals surface area contributed by atoms with Crippen LogP contribution in [-0.2, 0) is 4.79 Å². The molecule has 2 nitrogen and oxygen atoms in total. The van der Waals surface area contributed by atoms with Crippen LogP contribution in [0.15, 0.2) is 0 Å². The summed E-state index contributed by atoms with van der Waals surface area (Å²) >= 11 is 0. The molecule has 0 N–H and O–H groups in total. The molecule has 0 radical (unpaired) electrons. The van der Waals surface area contributed by atoms with Crippen molar-refractivity contribution in [3.8, 4) is 0 Å². The summed E-state index contributed by atoms with van der Waals surface area (Å²) in [6, 6.07) is 0. The maximum Gasteiger partial charge on any atom is 0.260 e. The number of hydrogen-bond donors (Lipinski definition) is 0. The van der Waals surface area contributed by atoms with Gasteiger partial charge in [0.05, 0.1) is 13.1 Å². The first-order chi connectivity index (χ1) is 5.62. The molecule has 12 heavy (non-hydrogen) atoms. The number of hydrogen-bond acceptors (Lipinski definition) is 1. The monoisotopic (exact) mass is 175 g/mol. The van der Waals surface area contributed by atoms with Crippen molar-refractivity contribution >= 4 is 5.91 Å². The highest BCUT2D eigenvalue weighted by Crippen LogP contribution is 2.38. The molecule has 0 spiro atoms. The smallest absolute Gasteiger partial charge is 0.260 e. The highest BCUT2D eigenvalue weighted by molar-refractivity contribution is 5.86. The van der Waals surface area contributed by atoms with Gasteiger partial charge >= 0.3 is 0 Å². The van der Waals surface area contributed by atoms with Gasteiger partial charge in [0.25, 0.3) is 5.91 Å². The van der Waals surface area contributed by atoms with E-state index >= 15 is 0 Å². The summed E-state index contributed by atoms with van der Waals surface area (Å²) in [6.07, 6.45) is 0.478. The van der Waals surface area contributed by atoms with Crippen LogP contribution < -0.4 is 0 Å². The molecule has 2 aliphatic rings. The number of rotatable bonds is 1. The van der Waals surface area contributed by atoms with Crippen LogP contribution in [-0.4, -0.2) is 35.7 Å². The fraction of sp³-hybridized carbons (Fsp3) is 0.875. The van der Waals surface area contributed by atoms with E-state index < -0.39 is 17.7 Å². The maximum atomic E-state index is 13.4. The Morgan fingerprint density at radius 2 is 2.00 bits per heavy atom. The number of alkyl halides is 2. The van der Waals surface area contributed by atoms with Gasteiger partial charge < -0.3 is 4.90 Å². The van der Waals surface area contributed by atoms with E-state index in [4.69, 9.17) is 0 Å². The van der Waals surface area contributed by atoms with Crippen LogP contribution in [0.4, 0.5) is 8.78 Å². The second-order valence-electron chi connectivity index (χ2n) is 3.63. The van der Waals surface area contributed by atoms with E-state index in [1.807, 2.05) is 0 Å². The normalized spacial score (nSPS) is 27.7. The average Bonchev–Trinajstić information content (AvgIpc) is 1.93. The molecule has 2 fully saturated rings. The van der Waals surface area contributed by atoms with Gasteiger partial charge in [0.2, 0.25) is 0 Å². The zero-order valence-corrected chi connectivity index (χ0v) is 6.72. The summed E-state index contributed by atoms with van der Waals surface area (Å²) in [5.41, 5.74) is -1.64. The number of halogens is 2. The third-order valence-electron chi connectivity index (χ3n) is 2.65. The number of carbonyl (C=O) groups is 1. The summed E-state index contributed by atoms with van der Waals surface area (Å²) in [5, 5.41) is 0. The van der Waals surface area contributed by atoms with Crippen molar-refractivity contribution in [3.05, 3.63) is 0 Å². The molecule has 1 amide bonds. The van der Waals surface area contributed by atoms with Crippen molar-refractivity contribution in [2.75, 3.05) is 13.1 Å². The quantitative estimate of drug-likeness (QED) is 0.583. The maximum absolute atomic E-state index is 13.4. The molecule has 1 heterocycles. The van der Waals surface area contributed by atoms with E-state index in [0.717, 1.165) is 6.42 Å². The standard InChI is InChI=1S/C8H11F2NO/c9-6-4-11(5-6)7(12)8(10)2-1-3-8/h6H,1-5H2. The molecule has 0 unspecified atom stereocenters. The molecule has 0 aromatic rings. The topological polar surface area (TPSA) is 20.3 Å². The summed E-state index contributed by atoms with van der Waals surface area (Å²) in [4.78, 5) is 12.5. The van der Waals surface area contributed by atoms with Crippen LogP contribution in [0.3, 0.4) is 0 Å². The van der Waals surface area contributed by atoms with Gasteiger partial charge in [-0.2, -0.15) is 0 Å². The number of nitrogens with zero attached hydrogens (tertiary/aromatic N) is 1. The lowest BCUT2D eigenvalue weighted by Gasteiger charge is -2.42. The van der Waals surface area contributed by atoms with Crippen LogP contribution in [0.1, 0.15) is 19.3 Å². The third kappa shape index (κ3) is 1.01. The Labute approximate surface area is 69.5 Å². The molecule has 1 aliphatic heterocycles. The van der Waals surface area contributed by atoms with Crippen molar-refractivity contribution in [1.29, 1.82) is 0 Å².